The van der Waals surface area contributed by atoms with E-state index in [1.807, 2.05) is 13.0 Å². The van der Waals surface area contributed by atoms with Gasteiger partial charge in [0.05, 0.1) is 24.9 Å². The summed E-state index contributed by atoms with van der Waals surface area (Å²) < 4.78 is 17.1. The molecule has 0 heterocycles. The van der Waals surface area contributed by atoms with Crippen LogP contribution < -0.4 is 19.9 Å². The zero-order valence-corrected chi connectivity index (χ0v) is 12.7. The van der Waals surface area contributed by atoms with Crippen LogP contribution in [-0.2, 0) is 6.42 Å². The fourth-order valence-corrected chi connectivity index (χ4v) is 2.51. The van der Waals surface area contributed by atoms with Crippen LogP contribution in [0.5, 0.6) is 17.2 Å². The molecule has 4 nitrogen and oxygen atoms in total. The molecular weight excluding hydrogens is 333 g/mol. The van der Waals surface area contributed by atoms with Crippen molar-refractivity contribution in [2.45, 2.75) is 19.4 Å². The molecule has 0 unspecified atom stereocenters. The minimum absolute atomic E-state index is 0.0502. The SMILES string of the molecule is COc1cc(OC)c(OC)c(C[C@@H](C)N)c1I. The van der Waals surface area contributed by atoms with Gasteiger partial charge in [0.1, 0.15) is 5.75 Å². The van der Waals surface area contributed by atoms with Gasteiger partial charge in [-0.25, -0.2) is 0 Å². The number of halogens is 1. The first-order valence-electron chi connectivity index (χ1n) is 5.28. The number of benzene rings is 1. The summed E-state index contributed by atoms with van der Waals surface area (Å²) in [5.41, 5.74) is 6.89. The molecule has 0 spiro atoms. The molecule has 0 bridgehead atoms. The molecule has 0 saturated carbocycles. The normalized spacial score (nSPS) is 12.1. The van der Waals surface area contributed by atoms with Gasteiger partial charge in [0.25, 0.3) is 0 Å². The Balaban J connectivity index is 3.38. The van der Waals surface area contributed by atoms with Crippen LogP contribution in [0.1, 0.15) is 12.5 Å². The van der Waals surface area contributed by atoms with Crippen LogP contribution in [0.2, 0.25) is 0 Å². The fourth-order valence-electron chi connectivity index (χ4n) is 1.67. The maximum absolute atomic E-state index is 5.86. The first-order chi connectivity index (χ1) is 8.04. The predicted molar refractivity (Wildman–Crippen MR) is 76.2 cm³/mol. The van der Waals surface area contributed by atoms with Crippen molar-refractivity contribution in [2.24, 2.45) is 5.73 Å². The summed E-state index contributed by atoms with van der Waals surface area (Å²) in [7, 11) is 4.88. The van der Waals surface area contributed by atoms with Crippen molar-refractivity contribution in [2.75, 3.05) is 21.3 Å². The van der Waals surface area contributed by atoms with E-state index in [0.717, 1.165) is 27.1 Å². The van der Waals surface area contributed by atoms with E-state index < -0.39 is 0 Å². The molecule has 96 valence electrons. The van der Waals surface area contributed by atoms with Gasteiger partial charge in [0.15, 0.2) is 11.5 Å². The van der Waals surface area contributed by atoms with Crippen molar-refractivity contribution in [3.63, 3.8) is 0 Å². The zero-order valence-electron chi connectivity index (χ0n) is 10.5. The quantitative estimate of drug-likeness (QED) is 0.827. The van der Waals surface area contributed by atoms with E-state index in [9.17, 15) is 0 Å². The molecule has 5 heteroatoms. The average Bonchev–Trinajstić information content (AvgIpc) is 2.30. The third-order valence-corrected chi connectivity index (χ3v) is 3.59. The predicted octanol–water partition coefficient (Wildman–Crippen LogP) is 2.21. The maximum Gasteiger partial charge on any atom is 0.165 e. The average molecular weight is 351 g/mol. The van der Waals surface area contributed by atoms with Crippen molar-refractivity contribution >= 4 is 22.6 Å². The van der Waals surface area contributed by atoms with Crippen molar-refractivity contribution in [3.8, 4) is 17.2 Å². The monoisotopic (exact) mass is 351 g/mol. The number of nitrogens with two attached hydrogens (primary N) is 1. The number of methoxy groups -OCH3 is 3. The summed E-state index contributed by atoms with van der Waals surface area (Å²) in [6.45, 7) is 1.96. The van der Waals surface area contributed by atoms with Gasteiger partial charge >= 0.3 is 0 Å². The van der Waals surface area contributed by atoms with E-state index in [1.165, 1.54) is 0 Å². The molecular formula is C12H18INO3. The van der Waals surface area contributed by atoms with E-state index in [0.29, 0.717) is 5.75 Å². The number of rotatable bonds is 5. The van der Waals surface area contributed by atoms with E-state index in [1.54, 1.807) is 21.3 Å². The van der Waals surface area contributed by atoms with E-state index >= 15 is 0 Å². The second-order valence-corrected chi connectivity index (χ2v) is 4.87. The summed E-state index contributed by atoms with van der Waals surface area (Å²) in [6, 6.07) is 1.87. The molecule has 0 aliphatic heterocycles. The lowest BCUT2D eigenvalue weighted by molar-refractivity contribution is 0.343. The van der Waals surface area contributed by atoms with Crippen LogP contribution in [0.3, 0.4) is 0 Å². The summed E-state index contributed by atoms with van der Waals surface area (Å²) in [6.07, 6.45) is 0.717. The van der Waals surface area contributed by atoms with Gasteiger partial charge in [0, 0.05) is 17.7 Å². The summed E-state index contributed by atoms with van der Waals surface area (Å²) in [5.74, 6) is 2.18. The molecule has 0 aliphatic rings. The number of hydrogen-bond donors (Lipinski definition) is 1. The zero-order chi connectivity index (χ0) is 13.0. The van der Waals surface area contributed by atoms with Gasteiger partial charge in [0.2, 0.25) is 0 Å². The Hall–Kier alpha value is -0.690. The Morgan fingerprint density at radius 1 is 1.18 bits per heavy atom. The van der Waals surface area contributed by atoms with Crippen molar-refractivity contribution in [1.82, 2.24) is 0 Å². The lowest BCUT2D eigenvalue weighted by atomic mass is 10.1. The third kappa shape index (κ3) is 3.16. The van der Waals surface area contributed by atoms with Gasteiger partial charge in [-0.2, -0.15) is 0 Å². The maximum atomic E-state index is 5.86. The summed E-state index contributed by atoms with van der Waals surface area (Å²) in [5, 5.41) is 0. The van der Waals surface area contributed by atoms with Crippen LogP contribution >= 0.6 is 22.6 Å². The largest absolute Gasteiger partial charge is 0.495 e. The van der Waals surface area contributed by atoms with Gasteiger partial charge in [-0.15, -0.1) is 0 Å². The van der Waals surface area contributed by atoms with E-state index in [-0.39, 0.29) is 6.04 Å². The minimum Gasteiger partial charge on any atom is -0.495 e. The lowest BCUT2D eigenvalue weighted by Crippen LogP contribution is -2.19. The first kappa shape index (κ1) is 14.4. The van der Waals surface area contributed by atoms with E-state index in [2.05, 4.69) is 22.6 Å². The first-order valence-corrected chi connectivity index (χ1v) is 6.35. The lowest BCUT2D eigenvalue weighted by Gasteiger charge is -2.18. The van der Waals surface area contributed by atoms with Gasteiger partial charge in [-0.05, 0) is 35.9 Å². The van der Waals surface area contributed by atoms with Crippen LogP contribution in [0.25, 0.3) is 0 Å². The molecule has 0 radical (unpaired) electrons. The Morgan fingerprint density at radius 3 is 2.18 bits per heavy atom. The standard InChI is InChI=1S/C12H18INO3/c1-7(14)5-8-11(13)9(15-2)6-10(16-3)12(8)17-4/h6-7H,5,14H2,1-4H3/t7-/m1/s1. The highest BCUT2D eigenvalue weighted by molar-refractivity contribution is 14.1. The highest BCUT2D eigenvalue weighted by Gasteiger charge is 2.19. The highest BCUT2D eigenvalue weighted by Crippen LogP contribution is 2.40. The molecule has 0 aliphatic carbocycles. The molecule has 1 rings (SSSR count). The smallest absolute Gasteiger partial charge is 0.165 e. The Labute approximate surface area is 116 Å². The van der Waals surface area contributed by atoms with Crippen molar-refractivity contribution in [1.29, 1.82) is 0 Å². The molecule has 1 aromatic rings. The second kappa shape index (κ2) is 6.30. The Morgan fingerprint density at radius 2 is 1.76 bits per heavy atom. The molecule has 1 aromatic carbocycles. The molecule has 17 heavy (non-hydrogen) atoms. The summed E-state index contributed by atoms with van der Waals surface area (Å²) >= 11 is 2.24. The molecule has 0 amide bonds. The topological polar surface area (TPSA) is 53.7 Å². The molecule has 1 atom stereocenters. The van der Waals surface area contributed by atoms with E-state index in [4.69, 9.17) is 19.9 Å². The number of hydrogen-bond acceptors (Lipinski definition) is 4. The second-order valence-electron chi connectivity index (χ2n) is 3.79. The van der Waals surface area contributed by atoms with Gasteiger partial charge in [-0.1, -0.05) is 0 Å². The molecule has 0 fully saturated rings. The van der Waals surface area contributed by atoms with Gasteiger partial charge < -0.3 is 19.9 Å². The Kier molecular flexibility index (Phi) is 5.32. The minimum atomic E-state index is 0.0502. The summed E-state index contributed by atoms with van der Waals surface area (Å²) in [4.78, 5) is 0. The molecule has 0 saturated heterocycles. The van der Waals surface area contributed by atoms with Crippen molar-refractivity contribution < 1.29 is 14.2 Å². The van der Waals surface area contributed by atoms with Crippen LogP contribution in [0.15, 0.2) is 6.07 Å². The Bertz CT molecular complexity index is 394. The van der Waals surface area contributed by atoms with Crippen LogP contribution in [0, 0.1) is 3.57 Å². The van der Waals surface area contributed by atoms with Gasteiger partial charge in [-0.3, -0.25) is 0 Å². The fraction of sp³-hybridized carbons (Fsp3) is 0.500. The van der Waals surface area contributed by atoms with Crippen LogP contribution in [-0.4, -0.2) is 27.4 Å². The van der Waals surface area contributed by atoms with Crippen LogP contribution in [0.4, 0.5) is 0 Å². The highest BCUT2D eigenvalue weighted by atomic mass is 127. The molecule has 2 N–H and O–H groups in total. The van der Waals surface area contributed by atoms with Crippen molar-refractivity contribution in [3.05, 3.63) is 15.2 Å². The third-order valence-electron chi connectivity index (χ3n) is 2.41. The number of ether oxygens (including phenoxy) is 3. The molecule has 0 aromatic heterocycles.